The summed E-state index contributed by atoms with van der Waals surface area (Å²) >= 11 is 0. The molecule has 174 valence electrons. The summed E-state index contributed by atoms with van der Waals surface area (Å²) in [5.41, 5.74) is 2.95. The minimum absolute atomic E-state index is 0.284. The van der Waals surface area contributed by atoms with Gasteiger partial charge in [0.2, 0.25) is 0 Å². The van der Waals surface area contributed by atoms with Crippen molar-refractivity contribution in [1.29, 1.82) is 0 Å². The van der Waals surface area contributed by atoms with Gasteiger partial charge in [0.15, 0.2) is 6.29 Å². The van der Waals surface area contributed by atoms with E-state index in [2.05, 4.69) is 0 Å². The van der Waals surface area contributed by atoms with Crippen molar-refractivity contribution in [2.24, 2.45) is 0 Å². The molecule has 0 spiro atoms. The Hall–Kier alpha value is -2.58. The highest BCUT2D eigenvalue weighted by atomic mass is 16.7. The molecule has 1 heterocycles. The monoisotopic (exact) mass is 450 g/mol. The maximum absolute atomic E-state index is 10.7. The number of hydrogen-bond acceptors (Lipinski definition) is 6. The molecule has 1 aliphatic rings. The van der Waals surface area contributed by atoms with Crippen molar-refractivity contribution < 1.29 is 29.2 Å². The van der Waals surface area contributed by atoms with E-state index in [1.54, 1.807) is 0 Å². The van der Waals surface area contributed by atoms with Crippen LogP contribution in [0.25, 0.3) is 0 Å². The normalized spacial score (nSPS) is 25.1. The van der Waals surface area contributed by atoms with Crippen molar-refractivity contribution in [3.05, 3.63) is 108 Å². The van der Waals surface area contributed by atoms with Gasteiger partial charge in [0.25, 0.3) is 0 Å². The van der Waals surface area contributed by atoms with Gasteiger partial charge in [0.1, 0.15) is 24.4 Å². The molecule has 0 amide bonds. The number of hydrogen-bond donors (Lipinski definition) is 2. The first-order valence-electron chi connectivity index (χ1n) is 11.2. The van der Waals surface area contributed by atoms with E-state index >= 15 is 0 Å². The molecule has 1 fully saturated rings. The molecule has 1 unspecified atom stereocenters. The molecule has 2 N–H and O–H groups in total. The minimum Gasteiger partial charge on any atom is -0.394 e. The molecule has 0 bridgehead atoms. The molecular formula is C27H30O6. The number of aliphatic hydroxyl groups is 2. The maximum atomic E-state index is 10.7. The average molecular weight is 451 g/mol. The first-order valence-corrected chi connectivity index (χ1v) is 11.2. The van der Waals surface area contributed by atoms with Crippen LogP contribution in [0.15, 0.2) is 91.0 Å². The molecular weight excluding hydrogens is 420 g/mol. The van der Waals surface area contributed by atoms with E-state index in [4.69, 9.17) is 18.9 Å². The summed E-state index contributed by atoms with van der Waals surface area (Å²) in [5.74, 6) is 0. The molecule has 1 saturated heterocycles. The lowest BCUT2D eigenvalue weighted by Crippen LogP contribution is -2.61. The van der Waals surface area contributed by atoms with Gasteiger partial charge in [0, 0.05) is 0 Å². The third-order valence-electron chi connectivity index (χ3n) is 5.65. The highest BCUT2D eigenvalue weighted by Crippen LogP contribution is 2.29. The maximum Gasteiger partial charge on any atom is 0.184 e. The molecule has 6 heteroatoms. The molecule has 1 aliphatic heterocycles. The van der Waals surface area contributed by atoms with Crippen LogP contribution in [0.5, 0.6) is 0 Å². The fourth-order valence-corrected chi connectivity index (χ4v) is 3.91. The first-order chi connectivity index (χ1) is 16.2. The van der Waals surface area contributed by atoms with E-state index in [-0.39, 0.29) is 13.2 Å². The molecule has 6 nitrogen and oxygen atoms in total. The van der Waals surface area contributed by atoms with Gasteiger partial charge in [-0.1, -0.05) is 91.0 Å². The zero-order valence-corrected chi connectivity index (χ0v) is 18.4. The van der Waals surface area contributed by atoms with E-state index in [9.17, 15) is 10.2 Å². The van der Waals surface area contributed by atoms with Gasteiger partial charge in [-0.2, -0.15) is 0 Å². The summed E-state index contributed by atoms with van der Waals surface area (Å²) < 4.78 is 24.3. The average Bonchev–Trinajstić information content (AvgIpc) is 2.87. The van der Waals surface area contributed by atoms with E-state index < -0.39 is 30.7 Å². The van der Waals surface area contributed by atoms with Crippen LogP contribution >= 0.6 is 0 Å². The SMILES string of the molecule is OC[C@H]1OC(O)[C@H](OCc2ccccc2)[C@H](OCc2ccccc2)[C@@H]1OCc1ccccc1. The summed E-state index contributed by atoms with van der Waals surface area (Å²) in [6, 6.07) is 29.3. The molecule has 5 atom stereocenters. The molecule has 0 saturated carbocycles. The van der Waals surface area contributed by atoms with Crippen LogP contribution in [-0.4, -0.2) is 47.5 Å². The fourth-order valence-electron chi connectivity index (χ4n) is 3.91. The Bertz CT molecular complexity index is 937. The number of rotatable bonds is 10. The Balaban J connectivity index is 1.53. The fraction of sp³-hybridized carbons (Fsp3) is 0.333. The van der Waals surface area contributed by atoms with E-state index in [1.807, 2.05) is 91.0 Å². The lowest BCUT2D eigenvalue weighted by atomic mass is 9.98. The van der Waals surface area contributed by atoms with Gasteiger partial charge in [-0.15, -0.1) is 0 Å². The Morgan fingerprint density at radius 3 is 1.39 bits per heavy atom. The molecule has 0 radical (unpaired) electrons. The van der Waals surface area contributed by atoms with Crippen LogP contribution in [0.4, 0.5) is 0 Å². The van der Waals surface area contributed by atoms with E-state index in [0.717, 1.165) is 16.7 Å². The standard InChI is InChI=1S/C27H30O6/c28-16-23-24(30-17-20-10-4-1-5-11-20)25(31-18-21-12-6-2-7-13-21)26(27(29)33-23)32-19-22-14-8-3-9-15-22/h1-15,23-29H,16-19H2/t23-,24-,25-,26-,27?/m1/s1. The largest absolute Gasteiger partial charge is 0.394 e. The minimum atomic E-state index is -1.26. The van der Waals surface area contributed by atoms with Crippen molar-refractivity contribution in [3.8, 4) is 0 Å². The Labute approximate surface area is 194 Å². The second-order valence-electron chi connectivity index (χ2n) is 8.03. The predicted octanol–water partition coefficient (Wildman–Crippen LogP) is 3.45. The van der Waals surface area contributed by atoms with Crippen molar-refractivity contribution in [2.45, 2.75) is 50.5 Å². The highest BCUT2D eigenvalue weighted by Gasteiger charge is 2.47. The first kappa shape index (κ1) is 23.6. The van der Waals surface area contributed by atoms with Crippen molar-refractivity contribution in [3.63, 3.8) is 0 Å². The number of aliphatic hydroxyl groups excluding tert-OH is 2. The van der Waals surface area contributed by atoms with Gasteiger partial charge in [0.05, 0.1) is 26.4 Å². The second kappa shape index (κ2) is 12.0. The van der Waals surface area contributed by atoms with Crippen molar-refractivity contribution >= 4 is 0 Å². The summed E-state index contributed by atoms with van der Waals surface area (Å²) in [6.45, 7) is 0.601. The van der Waals surface area contributed by atoms with Crippen LogP contribution in [0.2, 0.25) is 0 Å². The van der Waals surface area contributed by atoms with Crippen molar-refractivity contribution in [2.75, 3.05) is 6.61 Å². The van der Waals surface area contributed by atoms with E-state index in [0.29, 0.717) is 13.2 Å². The zero-order valence-electron chi connectivity index (χ0n) is 18.4. The smallest absolute Gasteiger partial charge is 0.184 e. The van der Waals surface area contributed by atoms with Gasteiger partial charge in [-0.3, -0.25) is 0 Å². The number of benzene rings is 3. The van der Waals surface area contributed by atoms with Crippen LogP contribution in [-0.2, 0) is 38.8 Å². The zero-order chi connectivity index (χ0) is 22.9. The summed E-state index contributed by atoms with van der Waals surface area (Å²) in [5, 5.41) is 20.7. The second-order valence-corrected chi connectivity index (χ2v) is 8.03. The van der Waals surface area contributed by atoms with Crippen molar-refractivity contribution in [1.82, 2.24) is 0 Å². The summed E-state index contributed by atoms with van der Waals surface area (Å²) in [6.07, 6.45) is -4.09. The van der Waals surface area contributed by atoms with Crippen LogP contribution < -0.4 is 0 Å². The summed E-state index contributed by atoms with van der Waals surface area (Å²) in [7, 11) is 0. The Morgan fingerprint density at radius 1 is 0.576 bits per heavy atom. The van der Waals surface area contributed by atoms with Gasteiger partial charge < -0.3 is 29.2 Å². The van der Waals surface area contributed by atoms with Gasteiger partial charge in [-0.05, 0) is 16.7 Å². The number of ether oxygens (including phenoxy) is 4. The molecule has 0 aliphatic carbocycles. The molecule has 33 heavy (non-hydrogen) atoms. The van der Waals surface area contributed by atoms with Crippen LogP contribution in [0, 0.1) is 0 Å². The van der Waals surface area contributed by atoms with Gasteiger partial charge >= 0.3 is 0 Å². The van der Waals surface area contributed by atoms with Crippen LogP contribution in [0.3, 0.4) is 0 Å². The topological polar surface area (TPSA) is 77.4 Å². The predicted molar refractivity (Wildman–Crippen MR) is 123 cm³/mol. The third kappa shape index (κ3) is 6.48. The molecule has 0 aromatic heterocycles. The van der Waals surface area contributed by atoms with Crippen LogP contribution in [0.1, 0.15) is 16.7 Å². The quantitative estimate of drug-likeness (QED) is 0.493. The molecule has 4 rings (SSSR count). The highest BCUT2D eigenvalue weighted by molar-refractivity contribution is 5.15. The van der Waals surface area contributed by atoms with Gasteiger partial charge in [-0.25, -0.2) is 0 Å². The third-order valence-corrected chi connectivity index (χ3v) is 5.65. The Morgan fingerprint density at radius 2 is 0.970 bits per heavy atom. The van der Waals surface area contributed by atoms with E-state index in [1.165, 1.54) is 0 Å². The molecule has 3 aromatic carbocycles. The lowest BCUT2D eigenvalue weighted by Gasteiger charge is -2.44. The lowest BCUT2D eigenvalue weighted by molar-refractivity contribution is -0.315. The molecule has 3 aromatic rings. The Kier molecular flexibility index (Phi) is 8.60. The summed E-state index contributed by atoms with van der Waals surface area (Å²) in [4.78, 5) is 0.